The van der Waals surface area contributed by atoms with Crippen molar-refractivity contribution in [3.8, 4) is 0 Å². The van der Waals surface area contributed by atoms with Crippen molar-refractivity contribution in [2.75, 3.05) is 17.7 Å². The van der Waals surface area contributed by atoms with E-state index in [1.165, 1.54) is 17.4 Å². The number of amides is 2. The Labute approximate surface area is 195 Å². The van der Waals surface area contributed by atoms with Gasteiger partial charge in [-0.25, -0.2) is 4.79 Å². The Morgan fingerprint density at radius 1 is 1.42 bits per heavy atom. The van der Waals surface area contributed by atoms with Crippen LogP contribution in [0.3, 0.4) is 0 Å². The van der Waals surface area contributed by atoms with Gasteiger partial charge in [-0.05, 0) is 55.4 Å². The van der Waals surface area contributed by atoms with E-state index >= 15 is 0 Å². The Morgan fingerprint density at radius 3 is 3.06 bits per heavy atom. The van der Waals surface area contributed by atoms with E-state index < -0.39 is 6.09 Å². The molecule has 0 saturated carbocycles. The average Bonchev–Trinajstić information content (AvgIpc) is 3.38. The monoisotopic (exact) mass is 467 g/mol. The average molecular weight is 468 g/mol. The molecule has 0 unspecified atom stereocenters. The van der Waals surface area contributed by atoms with E-state index in [-0.39, 0.29) is 18.4 Å². The van der Waals surface area contributed by atoms with E-state index in [0.29, 0.717) is 28.7 Å². The van der Waals surface area contributed by atoms with Gasteiger partial charge >= 0.3 is 6.09 Å². The number of carbonyl (C=O) groups is 2. The van der Waals surface area contributed by atoms with Gasteiger partial charge in [0.2, 0.25) is 5.91 Å². The first kappa shape index (κ1) is 22.5. The summed E-state index contributed by atoms with van der Waals surface area (Å²) in [5, 5.41) is 10.0. The molecule has 4 N–H and O–H groups in total. The van der Waals surface area contributed by atoms with Crippen molar-refractivity contribution < 1.29 is 18.8 Å². The highest BCUT2D eigenvalue weighted by atomic mass is 32.1. The van der Waals surface area contributed by atoms with Gasteiger partial charge < -0.3 is 25.6 Å². The number of aromatic nitrogens is 2. The second kappa shape index (κ2) is 10.3. The number of thiophene rings is 1. The smallest absolute Gasteiger partial charge is 0.407 e. The van der Waals surface area contributed by atoms with Crippen LogP contribution in [0.4, 0.5) is 15.5 Å². The van der Waals surface area contributed by atoms with Crippen molar-refractivity contribution in [2.24, 2.45) is 5.92 Å². The summed E-state index contributed by atoms with van der Waals surface area (Å²) in [5.41, 5.74) is 9.48. The highest BCUT2D eigenvalue weighted by molar-refractivity contribution is 7.17. The fourth-order valence-corrected chi connectivity index (χ4v) is 4.91. The summed E-state index contributed by atoms with van der Waals surface area (Å²) in [6, 6.07) is 5.44. The molecule has 3 aromatic heterocycles. The van der Waals surface area contributed by atoms with Gasteiger partial charge in [0.05, 0.1) is 18.8 Å². The van der Waals surface area contributed by atoms with Gasteiger partial charge in [-0.2, -0.15) is 0 Å². The topological polar surface area (TPSA) is 132 Å². The van der Waals surface area contributed by atoms with Crippen LogP contribution in [0.25, 0.3) is 6.08 Å². The van der Waals surface area contributed by atoms with Gasteiger partial charge in [0.15, 0.2) is 0 Å². The maximum Gasteiger partial charge on any atom is 0.407 e. The number of ether oxygens (including phenoxy) is 1. The minimum absolute atomic E-state index is 0.199. The molecule has 172 valence electrons. The highest BCUT2D eigenvalue weighted by Gasteiger charge is 2.26. The number of carbonyl (C=O) groups excluding carboxylic acids is 2. The number of nitrogens with two attached hydrogens (primary N) is 1. The van der Waals surface area contributed by atoms with Gasteiger partial charge in [0.1, 0.15) is 16.5 Å². The van der Waals surface area contributed by atoms with Crippen LogP contribution in [0, 0.1) is 12.8 Å². The predicted octanol–water partition coefficient (Wildman–Crippen LogP) is 3.70. The summed E-state index contributed by atoms with van der Waals surface area (Å²) in [5.74, 6) is 0.640. The van der Waals surface area contributed by atoms with E-state index in [1.54, 1.807) is 31.5 Å². The number of hydrogen-bond donors (Lipinski definition) is 3. The van der Waals surface area contributed by atoms with Crippen LogP contribution < -0.4 is 16.4 Å². The zero-order chi connectivity index (χ0) is 23.2. The maximum absolute atomic E-state index is 12.3. The molecule has 2 amide bonds. The summed E-state index contributed by atoms with van der Waals surface area (Å²) >= 11 is 1.48. The molecule has 0 bridgehead atoms. The molecule has 3 aromatic rings. The zero-order valence-electron chi connectivity index (χ0n) is 18.2. The number of hydrogen-bond acceptors (Lipinski definition) is 8. The zero-order valence-corrected chi connectivity index (χ0v) is 19.0. The number of rotatable bonds is 7. The van der Waals surface area contributed by atoms with Gasteiger partial charge in [0, 0.05) is 29.4 Å². The van der Waals surface area contributed by atoms with Crippen LogP contribution in [0.2, 0.25) is 0 Å². The number of pyridine rings is 1. The molecule has 10 heteroatoms. The van der Waals surface area contributed by atoms with E-state index in [9.17, 15) is 9.59 Å². The summed E-state index contributed by atoms with van der Waals surface area (Å²) in [4.78, 5) is 29.4. The number of nitrogen functional groups attached to an aromatic ring is 1. The summed E-state index contributed by atoms with van der Waals surface area (Å²) in [6.45, 7) is 2.36. The molecular weight excluding hydrogens is 442 g/mol. The Kier molecular flexibility index (Phi) is 7.04. The molecule has 33 heavy (non-hydrogen) atoms. The minimum atomic E-state index is -0.486. The van der Waals surface area contributed by atoms with E-state index in [4.69, 9.17) is 15.0 Å². The number of anilines is 2. The van der Waals surface area contributed by atoms with Gasteiger partial charge in [0.25, 0.3) is 0 Å². The van der Waals surface area contributed by atoms with Crippen LogP contribution >= 0.6 is 11.3 Å². The number of nitrogens with one attached hydrogen (secondary N) is 2. The lowest BCUT2D eigenvalue weighted by molar-refractivity contribution is -0.111. The van der Waals surface area contributed by atoms with Crippen LogP contribution in [-0.4, -0.2) is 28.7 Å². The molecule has 1 atom stereocenters. The lowest BCUT2D eigenvalue weighted by Crippen LogP contribution is -2.27. The normalized spacial score (nSPS) is 15.2. The van der Waals surface area contributed by atoms with Crippen LogP contribution in [0.5, 0.6) is 0 Å². The van der Waals surface area contributed by atoms with Crippen molar-refractivity contribution >= 4 is 40.1 Å². The van der Waals surface area contributed by atoms with Crippen LogP contribution in [0.15, 0.2) is 41.2 Å². The first-order valence-corrected chi connectivity index (χ1v) is 11.4. The fourth-order valence-electron chi connectivity index (χ4n) is 3.62. The van der Waals surface area contributed by atoms with Crippen molar-refractivity contribution in [1.82, 2.24) is 15.5 Å². The summed E-state index contributed by atoms with van der Waals surface area (Å²) in [7, 11) is 0. The Balaban J connectivity index is 1.27. The molecule has 4 rings (SSSR count). The number of nitrogens with zero attached hydrogens (tertiary/aromatic N) is 2. The van der Waals surface area contributed by atoms with Gasteiger partial charge in [-0.3, -0.25) is 9.78 Å². The molecule has 1 aliphatic rings. The Hall–Kier alpha value is -3.66. The molecule has 0 fully saturated rings. The maximum atomic E-state index is 12.3. The molecule has 3 heterocycles. The van der Waals surface area contributed by atoms with Gasteiger partial charge in [-0.1, -0.05) is 11.2 Å². The summed E-state index contributed by atoms with van der Waals surface area (Å²) < 4.78 is 10.4. The molecule has 0 saturated heterocycles. The number of aryl methyl sites for hydroxylation is 1. The Morgan fingerprint density at radius 2 is 2.30 bits per heavy atom. The second-order valence-corrected chi connectivity index (χ2v) is 8.95. The van der Waals surface area contributed by atoms with E-state index in [1.807, 2.05) is 12.1 Å². The lowest BCUT2D eigenvalue weighted by Gasteiger charge is -2.22. The number of alkyl carbamates (subject to hydrolysis) is 1. The third-order valence-electron chi connectivity index (χ3n) is 5.30. The third kappa shape index (κ3) is 5.98. The second-order valence-electron chi connectivity index (χ2n) is 7.85. The molecule has 0 radical (unpaired) electrons. The fraction of sp³-hybridized carbons (Fsp3) is 0.304. The largest absolute Gasteiger partial charge is 0.449 e. The van der Waals surface area contributed by atoms with E-state index in [2.05, 4.69) is 20.8 Å². The first-order chi connectivity index (χ1) is 16.0. The van der Waals surface area contributed by atoms with Crippen molar-refractivity contribution in [3.63, 3.8) is 0 Å². The molecule has 0 aliphatic heterocycles. The minimum Gasteiger partial charge on any atom is -0.449 e. The standard InChI is InChI=1S/C23H25N5O4S/c1-14-9-17(28-32-14)12-26-23(30)31-13-16-4-6-18-19(10-16)33-22(21(18)24)27-20(29)7-5-15-3-2-8-25-11-15/h2-3,5,7-9,11,16H,4,6,10,12-13,24H2,1H3,(H,26,30)(H,27,29)/b7-5+/t16-/m0/s1. The quantitative estimate of drug-likeness (QED) is 0.451. The lowest BCUT2D eigenvalue weighted by atomic mass is 9.89. The van der Waals surface area contributed by atoms with Crippen molar-refractivity contribution in [2.45, 2.75) is 32.7 Å². The van der Waals surface area contributed by atoms with E-state index in [0.717, 1.165) is 35.3 Å². The van der Waals surface area contributed by atoms with Crippen molar-refractivity contribution in [1.29, 1.82) is 0 Å². The van der Waals surface area contributed by atoms with Crippen LogP contribution in [0.1, 0.15) is 33.9 Å². The SMILES string of the molecule is Cc1cc(CNC(=O)OC[C@H]2CCc3c(sc(NC(=O)/C=C/c4cccnc4)c3N)C2)no1. The molecule has 0 spiro atoms. The molecule has 0 aromatic carbocycles. The summed E-state index contributed by atoms with van der Waals surface area (Å²) in [6.07, 6.45) is 8.43. The predicted molar refractivity (Wildman–Crippen MR) is 126 cm³/mol. The molecule has 1 aliphatic carbocycles. The first-order valence-electron chi connectivity index (χ1n) is 10.6. The third-order valence-corrected chi connectivity index (χ3v) is 6.48. The van der Waals surface area contributed by atoms with Crippen molar-refractivity contribution in [3.05, 3.63) is 64.1 Å². The Bertz CT molecular complexity index is 1160. The molecular formula is C23H25N5O4S. The highest BCUT2D eigenvalue weighted by Crippen LogP contribution is 2.41. The van der Waals surface area contributed by atoms with Gasteiger partial charge in [-0.15, -0.1) is 11.3 Å². The number of fused-ring (bicyclic) bond motifs is 1. The van der Waals surface area contributed by atoms with Crippen LogP contribution in [-0.2, 0) is 28.9 Å². The molecule has 9 nitrogen and oxygen atoms in total.